The summed E-state index contributed by atoms with van der Waals surface area (Å²) in [5.41, 5.74) is 9.68. The molecule has 4 fully saturated rings. The third kappa shape index (κ3) is 19.8. The van der Waals surface area contributed by atoms with Crippen molar-refractivity contribution in [3.05, 3.63) is 108 Å². The number of nitrogens with one attached hydrogen (secondary N) is 1. The zero-order chi connectivity index (χ0) is 57.9. The predicted octanol–water partition coefficient (Wildman–Crippen LogP) is 7.67. The van der Waals surface area contributed by atoms with Crippen molar-refractivity contribution in [3.8, 4) is 11.5 Å². The minimum absolute atomic E-state index is 0. The van der Waals surface area contributed by atoms with E-state index in [1.807, 2.05) is 99.7 Å². The molecular formula is C57H77ClF2N10O8S3. The van der Waals surface area contributed by atoms with Gasteiger partial charge in [-0.15, -0.1) is 24.2 Å². The van der Waals surface area contributed by atoms with Crippen molar-refractivity contribution in [2.75, 3.05) is 146 Å². The van der Waals surface area contributed by atoms with Crippen LogP contribution in [0, 0.1) is 11.6 Å². The molecule has 0 bridgehead atoms. The number of thioether (sulfide) groups is 1. The first-order chi connectivity index (χ1) is 38.4. The van der Waals surface area contributed by atoms with E-state index in [2.05, 4.69) is 22.0 Å². The van der Waals surface area contributed by atoms with E-state index in [9.17, 15) is 23.6 Å². The number of hydrogen-bond acceptors (Lipinski definition) is 16. The van der Waals surface area contributed by atoms with Crippen LogP contribution in [0.5, 0.6) is 11.5 Å². The summed E-state index contributed by atoms with van der Waals surface area (Å²) in [6.45, 7) is 10.8. The number of anilines is 4. The molecule has 0 radical (unpaired) electrons. The van der Waals surface area contributed by atoms with Crippen LogP contribution in [0.1, 0.15) is 37.8 Å². The Morgan fingerprint density at radius 1 is 0.654 bits per heavy atom. The Labute approximate surface area is 496 Å². The highest BCUT2D eigenvalue weighted by Gasteiger charge is 2.34. The van der Waals surface area contributed by atoms with E-state index < -0.39 is 23.8 Å². The van der Waals surface area contributed by atoms with Gasteiger partial charge in [0.25, 0.3) is 11.8 Å². The number of nitrogens with zero attached hydrogens (tertiary/aromatic N) is 8. The second-order valence-electron chi connectivity index (χ2n) is 19.9. The Kier molecular flexibility index (Phi) is 26.4. The summed E-state index contributed by atoms with van der Waals surface area (Å²) >= 11 is 11.6. The van der Waals surface area contributed by atoms with Gasteiger partial charge in [0.15, 0.2) is 13.2 Å². The average Bonchev–Trinajstić information content (AvgIpc) is 4.13. The number of rotatable bonds is 19. The van der Waals surface area contributed by atoms with Crippen molar-refractivity contribution in [1.29, 1.82) is 0 Å². The Morgan fingerprint density at radius 2 is 1.06 bits per heavy atom. The lowest BCUT2D eigenvalue weighted by Crippen LogP contribution is -2.50. The highest BCUT2D eigenvalue weighted by molar-refractivity contribution is 8.22. The molecule has 4 aliphatic heterocycles. The first kappa shape index (κ1) is 65.7. The van der Waals surface area contributed by atoms with Crippen molar-refractivity contribution in [2.24, 2.45) is 5.73 Å². The lowest BCUT2D eigenvalue weighted by Gasteiger charge is -2.36. The van der Waals surface area contributed by atoms with E-state index in [0.29, 0.717) is 118 Å². The first-order valence-corrected chi connectivity index (χ1v) is 28.8. The standard InChI is InChI=1S/C28H36FN5O4S.C25H32FN5O4.C4H8S2.ClH/c1-4-26(39)30-16-23-18-34(28(36)38-23)21-7-10-25(24(29)15-21)32-11-13-33(14-12-32)27(35)19-37-22-8-5-20(6-9-22)17-31(2)3;1-28(2)15-18-3-6-20(7-4-18)34-17-24(32)30-11-9-29(10-12-30)23-8-5-19(13-22(23)26)31-16-21(14-27)35-25(31)33;1-3-4(5)6-2;/h5-10,15,23H,4,11-14,16-19H2,1-3H3,(H,30,39);3-8,13,21H,9-12,14-17,27H2,1-2H3;3H2,1-2H3;1H/t23-;21-;;/m00../s1. The molecule has 18 nitrogen and oxygen atoms in total. The SMILES string of the molecule is CCC(=S)NC[C@H]1CN(c2ccc(N3CCN(C(=O)COc4ccc(CN(C)C)cc4)CC3)c(F)c2)C(=O)O1.CCC(=S)SC.CN(C)Cc1ccc(OCC(=O)N2CCN(c3ccc(N4C[C@H](CN)OC4=O)cc3F)CC2)cc1.Cl. The fraction of sp³-hybridized carbons (Fsp3) is 0.474. The van der Waals surface area contributed by atoms with Gasteiger partial charge in [0.2, 0.25) is 0 Å². The smallest absolute Gasteiger partial charge is 0.414 e. The van der Waals surface area contributed by atoms with Gasteiger partial charge in [-0.1, -0.05) is 62.5 Å². The summed E-state index contributed by atoms with van der Waals surface area (Å²) < 4.78 is 53.0. The summed E-state index contributed by atoms with van der Waals surface area (Å²) in [4.78, 5) is 64.6. The number of piperazine rings is 2. The van der Waals surface area contributed by atoms with Gasteiger partial charge in [-0.05, 0) is 119 Å². The van der Waals surface area contributed by atoms with Gasteiger partial charge in [-0.3, -0.25) is 19.4 Å². The summed E-state index contributed by atoms with van der Waals surface area (Å²) in [7, 11) is 8.04. The monoisotopic (exact) mass is 1200 g/mol. The molecule has 4 aromatic rings. The maximum Gasteiger partial charge on any atom is 0.414 e. The van der Waals surface area contributed by atoms with Crippen LogP contribution >= 0.6 is 48.6 Å². The van der Waals surface area contributed by atoms with E-state index in [0.717, 1.165) is 23.7 Å². The zero-order valence-electron chi connectivity index (χ0n) is 47.3. The van der Waals surface area contributed by atoms with E-state index in [1.165, 1.54) is 33.1 Å². The summed E-state index contributed by atoms with van der Waals surface area (Å²) in [6.07, 6.45) is 1.97. The number of halogens is 3. The third-order valence-electron chi connectivity index (χ3n) is 13.4. The normalized spacial score (nSPS) is 16.9. The molecule has 0 spiro atoms. The molecule has 0 saturated carbocycles. The Hall–Kier alpha value is -6.08. The summed E-state index contributed by atoms with van der Waals surface area (Å²) in [5, 5.41) is 3.07. The molecule has 3 N–H and O–H groups in total. The maximum absolute atomic E-state index is 15.1. The van der Waals surface area contributed by atoms with Gasteiger partial charge in [0.1, 0.15) is 35.3 Å². The van der Waals surface area contributed by atoms with Gasteiger partial charge in [-0.25, -0.2) is 18.4 Å². The molecule has 24 heteroatoms. The molecule has 2 atom stereocenters. The van der Waals surface area contributed by atoms with Crippen LogP contribution in [-0.2, 0) is 32.2 Å². The third-order valence-corrected chi connectivity index (χ3v) is 15.3. The number of cyclic esters (lactones) is 2. The van der Waals surface area contributed by atoms with Gasteiger partial charge in [0, 0.05) is 76.2 Å². The Balaban J connectivity index is 0.000000268. The van der Waals surface area contributed by atoms with E-state index in [1.54, 1.807) is 45.8 Å². The molecule has 4 heterocycles. The molecule has 8 rings (SSSR count). The van der Waals surface area contributed by atoms with E-state index in [4.69, 9.17) is 49.1 Å². The number of hydrogen-bond donors (Lipinski definition) is 2. The van der Waals surface area contributed by atoms with Gasteiger partial charge in [-0.2, -0.15) is 0 Å². The molecule has 0 unspecified atom stereocenters. The molecule has 4 aromatic carbocycles. The van der Waals surface area contributed by atoms with E-state index in [-0.39, 0.29) is 56.2 Å². The van der Waals surface area contributed by atoms with Gasteiger partial charge < -0.3 is 59.4 Å². The number of ether oxygens (including phenoxy) is 4. The number of benzene rings is 4. The Morgan fingerprint density at radius 3 is 1.40 bits per heavy atom. The van der Waals surface area contributed by atoms with Crippen LogP contribution in [0.25, 0.3) is 0 Å². The number of nitrogens with two attached hydrogens (primary N) is 1. The molecule has 4 aliphatic rings. The largest absolute Gasteiger partial charge is 0.484 e. The molecule has 4 saturated heterocycles. The molecule has 0 aromatic heterocycles. The van der Waals surface area contributed by atoms with E-state index >= 15 is 4.39 Å². The highest BCUT2D eigenvalue weighted by Crippen LogP contribution is 2.31. The predicted molar refractivity (Wildman–Crippen MR) is 328 cm³/mol. The molecule has 81 heavy (non-hydrogen) atoms. The molecule has 442 valence electrons. The van der Waals surface area contributed by atoms with Crippen LogP contribution < -0.4 is 40.1 Å². The molecule has 4 amide bonds. The number of amides is 4. The van der Waals surface area contributed by atoms with Crippen molar-refractivity contribution in [2.45, 2.75) is 52.0 Å². The van der Waals surface area contributed by atoms with Gasteiger partial charge in [0.05, 0.1) is 47.4 Å². The van der Waals surface area contributed by atoms with Crippen LogP contribution in [0.2, 0.25) is 0 Å². The van der Waals surface area contributed by atoms with Crippen LogP contribution in [0.3, 0.4) is 0 Å². The maximum atomic E-state index is 15.1. The second kappa shape index (κ2) is 32.5. The minimum atomic E-state index is -0.522. The average molecular weight is 1200 g/mol. The van der Waals surface area contributed by atoms with Gasteiger partial charge >= 0.3 is 12.2 Å². The first-order valence-electron chi connectivity index (χ1n) is 26.8. The molecule has 0 aliphatic carbocycles. The Bertz CT molecular complexity index is 2720. The zero-order valence-corrected chi connectivity index (χ0v) is 50.5. The van der Waals surface area contributed by atoms with Crippen LogP contribution in [0.4, 0.5) is 41.1 Å². The fourth-order valence-corrected chi connectivity index (χ4v) is 9.38. The van der Waals surface area contributed by atoms with Crippen molar-refractivity contribution >= 4 is 105 Å². The topological polar surface area (TPSA) is 169 Å². The number of thiocarbonyl (C=S) groups is 2. The lowest BCUT2D eigenvalue weighted by molar-refractivity contribution is -0.134. The fourth-order valence-electron chi connectivity index (χ4n) is 9.01. The van der Waals surface area contributed by atoms with Crippen molar-refractivity contribution in [1.82, 2.24) is 24.9 Å². The summed E-state index contributed by atoms with van der Waals surface area (Å²) in [5.74, 6) is 0.267. The van der Waals surface area contributed by atoms with Crippen LogP contribution in [-0.4, -0.2) is 191 Å². The summed E-state index contributed by atoms with van der Waals surface area (Å²) in [6, 6.07) is 24.9. The highest BCUT2D eigenvalue weighted by atomic mass is 35.5. The van der Waals surface area contributed by atoms with Crippen LogP contribution in [0.15, 0.2) is 84.9 Å². The second-order valence-corrected chi connectivity index (χ2v) is 22.0. The number of carbonyl (C=O) groups is 4. The van der Waals surface area contributed by atoms with Crippen molar-refractivity contribution in [3.63, 3.8) is 0 Å². The number of carbonyl (C=O) groups excluding carboxylic acids is 4. The quantitative estimate of drug-likeness (QED) is 0.0877. The van der Waals surface area contributed by atoms with Crippen molar-refractivity contribution < 1.29 is 46.9 Å². The lowest BCUT2D eigenvalue weighted by atomic mass is 10.2. The minimum Gasteiger partial charge on any atom is -0.484 e. The molecular weight excluding hydrogens is 1120 g/mol.